The third kappa shape index (κ3) is 4.74. The highest BCUT2D eigenvalue weighted by atomic mass is 19.4. The largest absolute Gasteiger partial charge is 0.493 e. The van der Waals surface area contributed by atoms with Crippen LogP contribution in [-0.2, 0) is 10.9 Å². The zero-order chi connectivity index (χ0) is 15.2. The molecule has 0 aliphatic heterocycles. The van der Waals surface area contributed by atoms with Crippen LogP contribution in [0, 0.1) is 11.3 Å². The SMILES string of the molecule is CCO[C@@H](C)CCOc1ccc(C#N)c(C(F)(F)F)c1. The van der Waals surface area contributed by atoms with Gasteiger partial charge >= 0.3 is 6.18 Å². The van der Waals surface area contributed by atoms with Crippen LogP contribution in [0.1, 0.15) is 31.4 Å². The maximum Gasteiger partial charge on any atom is 0.417 e. The lowest BCUT2D eigenvalue weighted by Gasteiger charge is -2.14. The van der Waals surface area contributed by atoms with E-state index in [0.29, 0.717) is 13.0 Å². The molecule has 0 unspecified atom stereocenters. The molecule has 0 fully saturated rings. The van der Waals surface area contributed by atoms with Crippen molar-refractivity contribution in [1.82, 2.24) is 0 Å². The molecule has 0 aliphatic rings. The van der Waals surface area contributed by atoms with Crippen molar-refractivity contribution in [3.8, 4) is 11.8 Å². The van der Waals surface area contributed by atoms with E-state index in [9.17, 15) is 13.2 Å². The molecule has 0 radical (unpaired) electrons. The molecule has 0 amide bonds. The molecule has 0 heterocycles. The predicted molar refractivity (Wildman–Crippen MR) is 67.4 cm³/mol. The molecule has 0 spiro atoms. The molecule has 1 aromatic carbocycles. The highest BCUT2D eigenvalue weighted by Gasteiger charge is 2.34. The molecule has 1 rings (SSSR count). The topological polar surface area (TPSA) is 42.2 Å². The maximum absolute atomic E-state index is 12.7. The highest BCUT2D eigenvalue weighted by Crippen LogP contribution is 2.34. The first-order valence-corrected chi connectivity index (χ1v) is 6.24. The quantitative estimate of drug-likeness (QED) is 0.799. The second-order valence-corrected chi connectivity index (χ2v) is 4.22. The molecule has 110 valence electrons. The fourth-order valence-electron chi connectivity index (χ4n) is 1.66. The summed E-state index contributed by atoms with van der Waals surface area (Å²) >= 11 is 0. The van der Waals surface area contributed by atoms with Crippen molar-refractivity contribution >= 4 is 0 Å². The monoisotopic (exact) mass is 287 g/mol. The average molecular weight is 287 g/mol. The zero-order valence-electron chi connectivity index (χ0n) is 11.3. The Morgan fingerprint density at radius 2 is 2.05 bits per heavy atom. The van der Waals surface area contributed by atoms with Gasteiger partial charge in [0.2, 0.25) is 0 Å². The minimum absolute atomic E-state index is 0.0135. The van der Waals surface area contributed by atoms with Gasteiger partial charge < -0.3 is 9.47 Å². The number of halogens is 3. The summed E-state index contributed by atoms with van der Waals surface area (Å²) in [7, 11) is 0. The van der Waals surface area contributed by atoms with Crippen molar-refractivity contribution in [2.24, 2.45) is 0 Å². The Kier molecular flexibility index (Phi) is 5.83. The lowest BCUT2D eigenvalue weighted by Crippen LogP contribution is -2.13. The van der Waals surface area contributed by atoms with Crippen molar-refractivity contribution in [1.29, 1.82) is 5.26 Å². The first kappa shape index (κ1) is 16.3. The molecule has 20 heavy (non-hydrogen) atoms. The third-order valence-corrected chi connectivity index (χ3v) is 2.66. The van der Waals surface area contributed by atoms with E-state index in [0.717, 1.165) is 12.1 Å². The Morgan fingerprint density at radius 1 is 1.35 bits per heavy atom. The standard InChI is InChI=1S/C14H16F3NO2/c1-3-19-10(2)6-7-20-12-5-4-11(9-18)13(8-12)14(15,16)17/h4-5,8,10H,3,6-7H2,1-2H3/t10-/m0/s1. The Bertz CT molecular complexity index is 480. The van der Waals surface area contributed by atoms with Crippen LogP contribution < -0.4 is 4.74 Å². The molecule has 3 nitrogen and oxygen atoms in total. The van der Waals surface area contributed by atoms with Crippen LogP contribution in [0.15, 0.2) is 18.2 Å². The van der Waals surface area contributed by atoms with Crippen LogP contribution in [-0.4, -0.2) is 19.3 Å². The number of ether oxygens (including phenoxy) is 2. The van der Waals surface area contributed by atoms with E-state index in [1.807, 2.05) is 13.8 Å². The van der Waals surface area contributed by atoms with Gasteiger partial charge in [-0.15, -0.1) is 0 Å². The molecule has 0 N–H and O–H groups in total. The highest BCUT2D eigenvalue weighted by molar-refractivity contribution is 5.44. The molecule has 6 heteroatoms. The van der Waals surface area contributed by atoms with Crippen molar-refractivity contribution in [2.75, 3.05) is 13.2 Å². The van der Waals surface area contributed by atoms with E-state index in [4.69, 9.17) is 14.7 Å². The van der Waals surface area contributed by atoms with E-state index in [1.54, 1.807) is 0 Å². The molecule has 0 bridgehead atoms. The van der Waals surface area contributed by atoms with Crippen LogP contribution in [0.25, 0.3) is 0 Å². The number of rotatable bonds is 6. The fraction of sp³-hybridized carbons (Fsp3) is 0.500. The molecule has 1 aromatic rings. The predicted octanol–water partition coefficient (Wildman–Crippen LogP) is 3.77. The lowest BCUT2D eigenvalue weighted by molar-refractivity contribution is -0.137. The van der Waals surface area contributed by atoms with Crippen LogP contribution in [0.4, 0.5) is 13.2 Å². The van der Waals surface area contributed by atoms with Gasteiger partial charge in [0.15, 0.2) is 0 Å². The first-order chi connectivity index (χ1) is 9.38. The molecular formula is C14H16F3NO2. The number of benzene rings is 1. The van der Waals surface area contributed by atoms with Gasteiger partial charge in [-0.25, -0.2) is 0 Å². The van der Waals surface area contributed by atoms with E-state index in [1.165, 1.54) is 12.1 Å². The van der Waals surface area contributed by atoms with Crippen LogP contribution in [0.2, 0.25) is 0 Å². The summed E-state index contributed by atoms with van der Waals surface area (Å²) in [5.41, 5.74) is -1.39. The number of hydrogen-bond acceptors (Lipinski definition) is 3. The summed E-state index contributed by atoms with van der Waals surface area (Å²) in [5.74, 6) is 0.0972. The van der Waals surface area contributed by atoms with Crippen molar-refractivity contribution < 1.29 is 22.6 Å². The number of alkyl halides is 3. The van der Waals surface area contributed by atoms with E-state index in [2.05, 4.69) is 0 Å². The summed E-state index contributed by atoms with van der Waals surface area (Å²) in [6.45, 7) is 4.57. The summed E-state index contributed by atoms with van der Waals surface area (Å²) in [6, 6.07) is 4.85. The zero-order valence-corrected chi connectivity index (χ0v) is 11.3. The lowest BCUT2D eigenvalue weighted by atomic mass is 10.1. The van der Waals surface area contributed by atoms with Crippen molar-refractivity contribution in [3.05, 3.63) is 29.3 Å². The van der Waals surface area contributed by atoms with Crippen molar-refractivity contribution in [2.45, 2.75) is 32.5 Å². The van der Waals surface area contributed by atoms with Gasteiger partial charge in [0.05, 0.1) is 29.9 Å². The Balaban J connectivity index is 2.71. The normalized spacial score (nSPS) is 12.8. The van der Waals surface area contributed by atoms with Crippen molar-refractivity contribution in [3.63, 3.8) is 0 Å². The summed E-state index contributed by atoms with van der Waals surface area (Å²) in [5, 5.41) is 8.67. The van der Waals surface area contributed by atoms with Gasteiger partial charge in [0, 0.05) is 13.0 Å². The number of nitriles is 1. The van der Waals surface area contributed by atoms with Crippen LogP contribution in [0.3, 0.4) is 0 Å². The molecule has 0 saturated heterocycles. The van der Waals surface area contributed by atoms with Gasteiger partial charge in [0.25, 0.3) is 0 Å². The van der Waals surface area contributed by atoms with Gasteiger partial charge in [-0.3, -0.25) is 0 Å². The number of hydrogen-bond donors (Lipinski definition) is 0. The van der Waals surface area contributed by atoms with Crippen LogP contribution in [0.5, 0.6) is 5.75 Å². The molecular weight excluding hydrogens is 271 g/mol. The Labute approximate surface area is 115 Å². The van der Waals surface area contributed by atoms with E-state index >= 15 is 0 Å². The summed E-state index contributed by atoms with van der Waals surface area (Å²) in [6.07, 6.45) is -4.00. The molecule has 0 saturated carbocycles. The maximum atomic E-state index is 12.7. The minimum atomic E-state index is -4.57. The fourth-order valence-corrected chi connectivity index (χ4v) is 1.66. The smallest absolute Gasteiger partial charge is 0.417 e. The van der Waals surface area contributed by atoms with Gasteiger partial charge in [-0.2, -0.15) is 18.4 Å². The second kappa shape index (κ2) is 7.15. The summed E-state index contributed by atoms with van der Waals surface area (Å²) < 4.78 is 48.8. The van der Waals surface area contributed by atoms with E-state index < -0.39 is 17.3 Å². The minimum Gasteiger partial charge on any atom is -0.493 e. The Morgan fingerprint density at radius 3 is 2.60 bits per heavy atom. The Hall–Kier alpha value is -1.74. The molecule has 0 aromatic heterocycles. The van der Waals surface area contributed by atoms with Gasteiger partial charge in [0.1, 0.15) is 5.75 Å². The molecule has 0 aliphatic carbocycles. The summed E-state index contributed by atoms with van der Waals surface area (Å²) in [4.78, 5) is 0. The van der Waals surface area contributed by atoms with Crippen LogP contribution >= 0.6 is 0 Å². The van der Waals surface area contributed by atoms with Gasteiger partial charge in [-0.1, -0.05) is 0 Å². The van der Waals surface area contributed by atoms with E-state index in [-0.39, 0.29) is 18.5 Å². The molecule has 1 atom stereocenters. The first-order valence-electron chi connectivity index (χ1n) is 6.24. The number of nitrogens with zero attached hydrogens (tertiary/aromatic N) is 1. The van der Waals surface area contributed by atoms with Gasteiger partial charge in [-0.05, 0) is 32.0 Å². The third-order valence-electron chi connectivity index (χ3n) is 2.66. The average Bonchev–Trinajstić information content (AvgIpc) is 2.38. The second-order valence-electron chi connectivity index (χ2n) is 4.22.